The lowest BCUT2D eigenvalue weighted by Crippen LogP contribution is -2.45. The number of alkyl halides is 3. The van der Waals surface area contributed by atoms with Crippen LogP contribution in [0.4, 0.5) is 13.2 Å². The molecule has 0 aliphatic heterocycles. The van der Waals surface area contributed by atoms with Gasteiger partial charge in [0.1, 0.15) is 0 Å². The predicted molar refractivity (Wildman–Crippen MR) is 159 cm³/mol. The molecule has 3 aliphatic carbocycles. The zero-order chi connectivity index (χ0) is 28.4. The van der Waals surface area contributed by atoms with Crippen molar-refractivity contribution in [2.24, 2.45) is 17.8 Å². The molecule has 4 rings (SSSR count). The predicted octanol–water partition coefficient (Wildman–Crippen LogP) is 10.5. The summed E-state index contributed by atoms with van der Waals surface area (Å²) in [5.41, 5.74) is 0.522. The summed E-state index contributed by atoms with van der Waals surface area (Å²) in [5, 5.41) is 0. The molecule has 0 saturated heterocycles. The molecular formula is C35H54F3NO. The van der Waals surface area contributed by atoms with Crippen LogP contribution in [-0.4, -0.2) is 30.6 Å². The molecule has 0 unspecified atom stereocenters. The number of hydrogen-bond acceptors (Lipinski definition) is 2. The molecule has 3 fully saturated rings. The minimum atomic E-state index is -4.30. The van der Waals surface area contributed by atoms with Crippen molar-refractivity contribution in [2.75, 3.05) is 19.7 Å². The lowest BCUT2D eigenvalue weighted by molar-refractivity contribution is -0.137. The Kier molecular flexibility index (Phi) is 12.3. The molecule has 5 heteroatoms. The number of halogens is 3. The highest BCUT2D eigenvalue weighted by Crippen LogP contribution is 2.43. The summed E-state index contributed by atoms with van der Waals surface area (Å²) in [5.74, 6) is 3.22. The number of nitrogens with zero attached hydrogens (tertiary/aromatic N) is 1. The number of ether oxygens (including phenoxy) is 1. The highest BCUT2D eigenvalue weighted by atomic mass is 19.4. The summed E-state index contributed by atoms with van der Waals surface area (Å²) in [6, 6.07) is 6.53. The first-order valence-electron chi connectivity index (χ1n) is 16.5. The SMILES string of the molecule is C=C(C[C@@H]1CC[C@@H](N(CCC2CCCCCC2)CCC2CCCCC2)[C@H](c2ccc(C(F)(F)F)cc2)C1)OCC. The van der Waals surface area contributed by atoms with Crippen molar-refractivity contribution in [3.8, 4) is 0 Å². The van der Waals surface area contributed by atoms with Crippen LogP contribution in [0.5, 0.6) is 0 Å². The van der Waals surface area contributed by atoms with E-state index in [1.807, 2.05) is 6.92 Å². The van der Waals surface area contributed by atoms with Gasteiger partial charge in [0.25, 0.3) is 0 Å². The standard InChI is InChI=1S/C35H54F3NO/c1-3-40-27(2)25-30-15-20-34(33(26-30)31-16-18-32(19-17-31)35(36,37)38)39(24-22-29-13-9-6-10-14-29)23-21-28-11-7-4-5-8-12-28/h16-19,28-30,33-34H,2-15,20-26H2,1H3/t30-,33-,34+/m0/s1. The molecule has 0 amide bonds. The third-order valence-corrected chi connectivity index (χ3v) is 10.3. The highest BCUT2D eigenvalue weighted by Gasteiger charge is 2.37. The molecule has 0 N–H and O–H groups in total. The molecule has 0 radical (unpaired) electrons. The van der Waals surface area contributed by atoms with Gasteiger partial charge in [-0.3, -0.25) is 4.90 Å². The van der Waals surface area contributed by atoms with Gasteiger partial charge in [0.15, 0.2) is 0 Å². The van der Waals surface area contributed by atoms with Gasteiger partial charge in [0.05, 0.1) is 17.9 Å². The first kappa shape index (κ1) is 31.4. The second-order valence-corrected chi connectivity index (χ2v) is 13.1. The summed E-state index contributed by atoms with van der Waals surface area (Å²) < 4.78 is 45.9. The van der Waals surface area contributed by atoms with E-state index in [0.717, 1.165) is 61.9 Å². The number of allylic oxidation sites excluding steroid dienone is 1. The van der Waals surface area contributed by atoms with E-state index in [-0.39, 0.29) is 5.92 Å². The molecule has 3 aliphatic rings. The molecule has 226 valence electrons. The summed E-state index contributed by atoms with van der Waals surface area (Å²) in [6.07, 6.45) is 17.4. The second kappa shape index (κ2) is 15.7. The van der Waals surface area contributed by atoms with Crippen LogP contribution in [0.15, 0.2) is 36.6 Å². The van der Waals surface area contributed by atoms with Crippen LogP contribution < -0.4 is 0 Å². The Morgan fingerprint density at radius 2 is 1.35 bits per heavy atom. The first-order valence-corrected chi connectivity index (χ1v) is 16.5. The maximum atomic E-state index is 13.4. The van der Waals surface area contributed by atoms with E-state index < -0.39 is 11.7 Å². The molecular weight excluding hydrogens is 507 g/mol. The lowest BCUT2D eigenvalue weighted by atomic mass is 9.72. The van der Waals surface area contributed by atoms with Gasteiger partial charge < -0.3 is 4.74 Å². The van der Waals surface area contributed by atoms with E-state index in [1.54, 1.807) is 12.1 Å². The molecule has 3 atom stereocenters. The first-order chi connectivity index (χ1) is 19.3. The fourth-order valence-electron chi connectivity index (χ4n) is 8.00. The molecule has 0 aromatic heterocycles. The van der Waals surface area contributed by atoms with Crippen molar-refractivity contribution in [1.29, 1.82) is 0 Å². The maximum Gasteiger partial charge on any atom is 0.416 e. The van der Waals surface area contributed by atoms with E-state index in [4.69, 9.17) is 4.74 Å². The summed E-state index contributed by atoms with van der Waals surface area (Å²) in [7, 11) is 0. The largest absolute Gasteiger partial charge is 0.499 e. The molecule has 2 nitrogen and oxygen atoms in total. The summed E-state index contributed by atoms with van der Waals surface area (Å²) >= 11 is 0. The molecule has 1 aromatic rings. The molecule has 0 heterocycles. The third kappa shape index (κ3) is 9.53. The van der Waals surface area contributed by atoms with Crippen LogP contribution in [-0.2, 0) is 10.9 Å². The second-order valence-electron chi connectivity index (χ2n) is 13.1. The van der Waals surface area contributed by atoms with Crippen molar-refractivity contribution in [1.82, 2.24) is 4.90 Å². The molecule has 0 spiro atoms. The lowest BCUT2D eigenvalue weighted by Gasteiger charge is -2.44. The van der Waals surface area contributed by atoms with Gasteiger partial charge in [-0.15, -0.1) is 0 Å². The zero-order valence-corrected chi connectivity index (χ0v) is 25.0. The molecule has 3 saturated carbocycles. The number of hydrogen-bond donors (Lipinski definition) is 0. The van der Waals surface area contributed by atoms with Crippen LogP contribution in [0.3, 0.4) is 0 Å². The summed E-state index contributed by atoms with van der Waals surface area (Å²) in [4.78, 5) is 2.80. The summed E-state index contributed by atoms with van der Waals surface area (Å²) in [6.45, 7) is 9.03. The smallest absolute Gasteiger partial charge is 0.416 e. The number of benzene rings is 1. The van der Waals surface area contributed by atoms with Crippen molar-refractivity contribution in [3.05, 3.63) is 47.7 Å². The zero-order valence-electron chi connectivity index (χ0n) is 25.0. The Morgan fingerprint density at radius 3 is 1.88 bits per heavy atom. The van der Waals surface area contributed by atoms with Crippen molar-refractivity contribution < 1.29 is 17.9 Å². The highest BCUT2D eigenvalue weighted by molar-refractivity contribution is 5.29. The maximum absolute atomic E-state index is 13.4. The van der Waals surface area contributed by atoms with Crippen LogP contribution in [0.1, 0.15) is 133 Å². The minimum absolute atomic E-state index is 0.246. The van der Waals surface area contributed by atoms with Crippen LogP contribution in [0.25, 0.3) is 0 Å². The van der Waals surface area contributed by atoms with E-state index in [9.17, 15) is 13.2 Å². The molecule has 0 bridgehead atoms. The van der Waals surface area contributed by atoms with Crippen LogP contribution >= 0.6 is 0 Å². The van der Waals surface area contributed by atoms with Crippen LogP contribution in [0.2, 0.25) is 0 Å². The Bertz CT molecular complexity index is 868. The number of rotatable bonds is 12. The average molecular weight is 562 g/mol. The Labute approximate surface area is 242 Å². The van der Waals surface area contributed by atoms with Gasteiger partial charge in [0, 0.05) is 12.5 Å². The Hall–Kier alpha value is -1.49. The third-order valence-electron chi connectivity index (χ3n) is 10.3. The molecule has 1 aromatic carbocycles. The fraction of sp³-hybridized carbons (Fsp3) is 0.771. The van der Waals surface area contributed by atoms with Gasteiger partial charge in [-0.1, -0.05) is 89.3 Å². The van der Waals surface area contributed by atoms with Gasteiger partial charge in [0.2, 0.25) is 0 Å². The molecule has 40 heavy (non-hydrogen) atoms. The van der Waals surface area contributed by atoms with E-state index in [1.165, 1.54) is 95.6 Å². The van der Waals surface area contributed by atoms with E-state index >= 15 is 0 Å². The van der Waals surface area contributed by atoms with Gasteiger partial charge in [-0.25, -0.2) is 0 Å². The average Bonchev–Trinajstić information content (AvgIpc) is 3.23. The fourth-order valence-corrected chi connectivity index (χ4v) is 8.00. The minimum Gasteiger partial charge on any atom is -0.499 e. The van der Waals surface area contributed by atoms with Crippen molar-refractivity contribution >= 4 is 0 Å². The van der Waals surface area contributed by atoms with Gasteiger partial charge in [-0.2, -0.15) is 13.2 Å². The van der Waals surface area contributed by atoms with Crippen LogP contribution in [0, 0.1) is 17.8 Å². The van der Waals surface area contributed by atoms with Gasteiger partial charge >= 0.3 is 6.18 Å². The van der Waals surface area contributed by atoms with Crippen molar-refractivity contribution in [3.63, 3.8) is 0 Å². The monoisotopic (exact) mass is 561 g/mol. The topological polar surface area (TPSA) is 12.5 Å². The van der Waals surface area contributed by atoms with Crippen molar-refractivity contribution in [2.45, 2.75) is 134 Å². The Balaban J connectivity index is 1.53. The quantitative estimate of drug-likeness (QED) is 0.186. The van der Waals surface area contributed by atoms with E-state index in [2.05, 4.69) is 11.5 Å². The van der Waals surface area contributed by atoms with E-state index in [0.29, 0.717) is 18.6 Å². The normalized spacial score (nSPS) is 25.6. The van der Waals surface area contributed by atoms with Gasteiger partial charge in [-0.05, 0) is 93.5 Å². The Morgan fingerprint density at radius 1 is 0.800 bits per heavy atom.